The number of esters is 1. The first-order valence-corrected chi connectivity index (χ1v) is 6.47. The molecule has 0 aromatic rings. The Morgan fingerprint density at radius 2 is 2.19 bits per heavy atom. The summed E-state index contributed by atoms with van der Waals surface area (Å²) >= 11 is 0. The summed E-state index contributed by atoms with van der Waals surface area (Å²) in [6.45, 7) is 4.16. The second kappa shape index (κ2) is 6.21. The van der Waals surface area contributed by atoms with Crippen molar-refractivity contribution in [3.8, 4) is 0 Å². The molecule has 4 nitrogen and oxygen atoms in total. The lowest BCUT2D eigenvalue weighted by molar-refractivity contribution is -0.148. The molecule has 1 aliphatic carbocycles. The summed E-state index contributed by atoms with van der Waals surface area (Å²) in [5, 5.41) is 3.28. The van der Waals surface area contributed by atoms with Gasteiger partial charge in [-0.2, -0.15) is 0 Å². The largest absolute Gasteiger partial charge is 0.462 e. The third-order valence-corrected chi connectivity index (χ3v) is 3.40. The molecule has 0 amide bonds. The van der Waals surface area contributed by atoms with Crippen LogP contribution in [0.3, 0.4) is 0 Å². The van der Waals surface area contributed by atoms with Gasteiger partial charge in [-0.15, -0.1) is 0 Å². The van der Waals surface area contributed by atoms with E-state index in [9.17, 15) is 4.79 Å². The van der Waals surface area contributed by atoms with Crippen molar-refractivity contribution in [1.82, 2.24) is 10.2 Å². The third kappa shape index (κ3) is 3.76. The van der Waals surface area contributed by atoms with Gasteiger partial charge in [-0.3, -0.25) is 9.69 Å². The molecule has 0 atom stereocenters. The average Bonchev–Trinajstić information content (AvgIpc) is 2.90. The van der Waals surface area contributed by atoms with Gasteiger partial charge in [0.1, 0.15) is 6.10 Å². The van der Waals surface area contributed by atoms with Crippen molar-refractivity contribution in [2.45, 2.75) is 44.6 Å². The summed E-state index contributed by atoms with van der Waals surface area (Å²) in [4.78, 5) is 13.9. The number of nitrogens with one attached hydrogen (secondary N) is 1. The highest BCUT2D eigenvalue weighted by Gasteiger charge is 2.19. The minimum Gasteiger partial charge on any atom is -0.462 e. The summed E-state index contributed by atoms with van der Waals surface area (Å²) in [6, 6.07) is 0. The fourth-order valence-corrected chi connectivity index (χ4v) is 2.44. The highest BCUT2D eigenvalue weighted by Crippen LogP contribution is 2.21. The smallest absolute Gasteiger partial charge is 0.306 e. The maximum absolute atomic E-state index is 11.5. The Bertz CT molecular complexity index is 221. The van der Waals surface area contributed by atoms with Crippen molar-refractivity contribution >= 4 is 5.97 Å². The van der Waals surface area contributed by atoms with Crippen LogP contribution in [0.5, 0.6) is 0 Å². The van der Waals surface area contributed by atoms with E-state index in [-0.39, 0.29) is 12.1 Å². The molecule has 2 aliphatic rings. The van der Waals surface area contributed by atoms with Gasteiger partial charge in [-0.05, 0) is 38.6 Å². The Labute approximate surface area is 97.3 Å². The van der Waals surface area contributed by atoms with Gasteiger partial charge in [0.2, 0.25) is 0 Å². The molecule has 0 spiro atoms. The first-order valence-electron chi connectivity index (χ1n) is 6.47. The molecule has 0 aromatic heterocycles. The summed E-state index contributed by atoms with van der Waals surface area (Å²) in [6.07, 6.45) is 6.31. The number of rotatable bonds is 5. The van der Waals surface area contributed by atoms with E-state index < -0.39 is 0 Å². The fourth-order valence-electron chi connectivity index (χ4n) is 2.44. The molecule has 2 fully saturated rings. The lowest BCUT2D eigenvalue weighted by atomic mass is 10.3. The molecule has 2 rings (SSSR count). The minimum absolute atomic E-state index is 0.000874. The topological polar surface area (TPSA) is 41.6 Å². The van der Waals surface area contributed by atoms with Gasteiger partial charge < -0.3 is 10.1 Å². The van der Waals surface area contributed by atoms with Crippen molar-refractivity contribution in [2.75, 3.05) is 26.3 Å². The van der Waals surface area contributed by atoms with E-state index in [1.807, 2.05) is 0 Å². The van der Waals surface area contributed by atoms with E-state index in [0.717, 1.165) is 45.6 Å². The lowest BCUT2D eigenvalue weighted by Crippen LogP contribution is -2.24. The quantitative estimate of drug-likeness (QED) is 0.713. The standard InChI is InChI=1S/C12H22N2O2/c15-12(16-11-4-1-2-5-11)6-3-8-14-9-7-13-10-14/h11,13H,1-10H2. The summed E-state index contributed by atoms with van der Waals surface area (Å²) in [5.74, 6) is -0.000874. The van der Waals surface area contributed by atoms with Crippen LogP contribution in [0, 0.1) is 0 Å². The number of carbonyl (C=O) groups is 1. The van der Waals surface area contributed by atoms with Gasteiger partial charge >= 0.3 is 5.97 Å². The van der Waals surface area contributed by atoms with Crippen molar-refractivity contribution in [3.05, 3.63) is 0 Å². The Morgan fingerprint density at radius 1 is 1.38 bits per heavy atom. The molecule has 4 heteroatoms. The molecule has 0 radical (unpaired) electrons. The SMILES string of the molecule is O=C(CCCN1CCNC1)OC1CCCC1. The normalized spacial score (nSPS) is 22.8. The number of nitrogens with zero attached hydrogens (tertiary/aromatic N) is 1. The minimum atomic E-state index is -0.000874. The molecule has 0 aromatic carbocycles. The lowest BCUT2D eigenvalue weighted by Gasteiger charge is -2.14. The Kier molecular flexibility index (Phi) is 4.60. The van der Waals surface area contributed by atoms with Gasteiger partial charge in [0.25, 0.3) is 0 Å². The number of carbonyl (C=O) groups excluding carboxylic acids is 1. The van der Waals surface area contributed by atoms with Crippen molar-refractivity contribution in [1.29, 1.82) is 0 Å². The summed E-state index contributed by atoms with van der Waals surface area (Å²) in [5.41, 5.74) is 0. The zero-order valence-electron chi connectivity index (χ0n) is 9.91. The number of hydrogen-bond acceptors (Lipinski definition) is 4. The first kappa shape index (κ1) is 11.9. The van der Waals surface area contributed by atoms with E-state index in [2.05, 4.69) is 10.2 Å². The monoisotopic (exact) mass is 226 g/mol. The van der Waals surface area contributed by atoms with Crippen LogP contribution in [-0.4, -0.2) is 43.3 Å². The van der Waals surface area contributed by atoms with E-state index >= 15 is 0 Å². The van der Waals surface area contributed by atoms with Crippen LogP contribution < -0.4 is 5.32 Å². The van der Waals surface area contributed by atoms with Crippen LogP contribution in [0.1, 0.15) is 38.5 Å². The predicted molar refractivity (Wildman–Crippen MR) is 62.0 cm³/mol. The number of ether oxygens (including phenoxy) is 1. The molecule has 0 bridgehead atoms. The molecule has 0 unspecified atom stereocenters. The second-order valence-electron chi connectivity index (χ2n) is 4.78. The Balaban J connectivity index is 1.52. The van der Waals surface area contributed by atoms with E-state index in [1.54, 1.807) is 0 Å². The van der Waals surface area contributed by atoms with Crippen molar-refractivity contribution < 1.29 is 9.53 Å². The van der Waals surface area contributed by atoms with Crippen LogP contribution >= 0.6 is 0 Å². The molecule has 1 saturated heterocycles. The van der Waals surface area contributed by atoms with Gasteiger partial charge in [0.15, 0.2) is 0 Å². The van der Waals surface area contributed by atoms with Crippen LogP contribution in [0.2, 0.25) is 0 Å². The highest BCUT2D eigenvalue weighted by atomic mass is 16.5. The summed E-state index contributed by atoms with van der Waals surface area (Å²) < 4.78 is 5.40. The molecular weight excluding hydrogens is 204 g/mol. The average molecular weight is 226 g/mol. The zero-order valence-corrected chi connectivity index (χ0v) is 9.91. The van der Waals surface area contributed by atoms with E-state index in [0.29, 0.717) is 6.42 Å². The molecule has 1 heterocycles. The van der Waals surface area contributed by atoms with E-state index in [1.165, 1.54) is 12.8 Å². The van der Waals surface area contributed by atoms with Crippen LogP contribution in [0.4, 0.5) is 0 Å². The summed E-state index contributed by atoms with van der Waals surface area (Å²) in [7, 11) is 0. The van der Waals surface area contributed by atoms with E-state index in [4.69, 9.17) is 4.74 Å². The van der Waals surface area contributed by atoms with Crippen LogP contribution in [0.25, 0.3) is 0 Å². The van der Waals surface area contributed by atoms with Gasteiger partial charge in [0, 0.05) is 26.2 Å². The first-order chi connectivity index (χ1) is 7.84. The van der Waals surface area contributed by atoms with Gasteiger partial charge in [0.05, 0.1) is 0 Å². The Hall–Kier alpha value is -0.610. The maximum atomic E-state index is 11.5. The molecule has 1 saturated carbocycles. The van der Waals surface area contributed by atoms with Gasteiger partial charge in [-0.25, -0.2) is 0 Å². The molecule has 1 N–H and O–H groups in total. The van der Waals surface area contributed by atoms with Crippen molar-refractivity contribution in [3.63, 3.8) is 0 Å². The fraction of sp³-hybridized carbons (Fsp3) is 0.917. The Morgan fingerprint density at radius 3 is 2.88 bits per heavy atom. The third-order valence-electron chi connectivity index (χ3n) is 3.40. The number of hydrogen-bond donors (Lipinski definition) is 1. The maximum Gasteiger partial charge on any atom is 0.306 e. The van der Waals surface area contributed by atoms with Crippen LogP contribution in [0.15, 0.2) is 0 Å². The predicted octanol–water partition coefficient (Wildman–Crippen LogP) is 1.12. The highest BCUT2D eigenvalue weighted by molar-refractivity contribution is 5.69. The second-order valence-corrected chi connectivity index (χ2v) is 4.78. The molecule has 16 heavy (non-hydrogen) atoms. The molecular formula is C12H22N2O2. The van der Waals surface area contributed by atoms with Crippen LogP contribution in [-0.2, 0) is 9.53 Å². The molecule has 1 aliphatic heterocycles. The van der Waals surface area contributed by atoms with Gasteiger partial charge in [-0.1, -0.05) is 0 Å². The zero-order chi connectivity index (χ0) is 11.2. The van der Waals surface area contributed by atoms with Crippen molar-refractivity contribution in [2.24, 2.45) is 0 Å². The molecule has 92 valence electrons.